The third-order valence-corrected chi connectivity index (χ3v) is 3.99. The van der Waals surface area contributed by atoms with E-state index in [0.717, 1.165) is 39.6 Å². The summed E-state index contributed by atoms with van der Waals surface area (Å²) in [5, 5.41) is 6.47. The lowest BCUT2D eigenvalue weighted by Crippen LogP contribution is -2.11. The Morgan fingerprint density at radius 3 is 2.94 bits per heavy atom. The Bertz CT molecular complexity index is 527. The molecule has 2 rings (SSSR count). The average Bonchev–Trinajstić information content (AvgIpc) is 2.85. The number of hydrogen-bond donors (Lipinski definition) is 1. The zero-order chi connectivity index (χ0) is 13.0. The lowest BCUT2D eigenvalue weighted by Gasteiger charge is -2.04. The van der Waals surface area contributed by atoms with Gasteiger partial charge in [-0.15, -0.1) is 11.3 Å². The molecule has 2 aromatic rings. The summed E-state index contributed by atoms with van der Waals surface area (Å²) in [6.07, 6.45) is 0. The molecule has 0 spiro atoms. The number of aromatic nitrogens is 1. The van der Waals surface area contributed by atoms with Crippen molar-refractivity contribution in [1.29, 1.82) is 0 Å². The average molecular weight is 327 g/mol. The van der Waals surface area contributed by atoms with Crippen LogP contribution in [0.2, 0.25) is 0 Å². The first kappa shape index (κ1) is 13.5. The van der Waals surface area contributed by atoms with Gasteiger partial charge in [-0.1, -0.05) is 6.92 Å². The van der Waals surface area contributed by atoms with Crippen molar-refractivity contribution in [2.75, 3.05) is 13.7 Å². The van der Waals surface area contributed by atoms with Gasteiger partial charge in [-0.3, -0.25) is 0 Å². The van der Waals surface area contributed by atoms with Crippen LogP contribution >= 0.6 is 27.3 Å². The largest absolute Gasteiger partial charge is 0.496 e. The Balaban J connectivity index is 2.20. The molecule has 3 nitrogen and oxygen atoms in total. The highest BCUT2D eigenvalue weighted by atomic mass is 79.9. The van der Waals surface area contributed by atoms with E-state index in [9.17, 15) is 0 Å². The highest BCUT2D eigenvalue weighted by Crippen LogP contribution is 2.30. The van der Waals surface area contributed by atoms with Crippen molar-refractivity contribution in [2.45, 2.75) is 13.5 Å². The van der Waals surface area contributed by atoms with Crippen molar-refractivity contribution >= 4 is 27.3 Å². The molecule has 0 atom stereocenters. The number of nitrogens with one attached hydrogen (secondary N) is 1. The number of rotatable bonds is 5. The monoisotopic (exact) mass is 326 g/mol. The fourth-order valence-electron chi connectivity index (χ4n) is 1.58. The Morgan fingerprint density at radius 2 is 2.28 bits per heavy atom. The number of benzene rings is 1. The second kappa shape index (κ2) is 6.31. The molecule has 0 saturated heterocycles. The first-order valence-corrected chi connectivity index (χ1v) is 7.41. The van der Waals surface area contributed by atoms with E-state index in [-0.39, 0.29) is 0 Å². The molecule has 0 fully saturated rings. The van der Waals surface area contributed by atoms with Crippen molar-refractivity contribution in [3.8, 4) is 17.0 Å². The Kier molecular flexibility index (Phi) is 4.74. The van der Waals surface area contributed by atoms with Crippen LogP contribution in [0.4, 0.5) is 0 Å². The molecule has 18 heavy (non-hydrogen) atoms. The van der Waals surface area contributed by atoms with Crippen molar-refractivity contribution in [1.82, 2.24) is 10.3 Å². The third-order valence-electron chi connectivity index (χ3n) is 2.53. The number of hydrogen-bond acceptors (Lipinski definition) is 4. The molecule has 0 aliphatic rings. The van der Waals surface area contributed by atoms with Crippen LogP contribution in [0.25, 0.3) is 11.3 Å². The molecule has 0 bridgehead atoms. The molecule has 0 saturated carbocycles. The summed E-state index contributed by atoms with van der Waals surface area (Å²) in [5.41, 5.74) is 2.11. The molecule has 1 heterocycles. The zero-order valence-corrected chi connectivity index (χ0v) is 12.8. The zero-order valence-electron chi connectivity index (χ0n) is 10.4. The molecule has 96 valence electrons. The number of thiazole rings is 1. The molecule has 0 aliphatic heterocycles. The second-order valence-electron chi connectivity index (χ2n) is 3.76. The van der Waals surface area contributed by atoms with E-state index in [0.29, 0.717) is 0 Å². The number of ether oxygens (including phenoxy) is 1. The standard InChI is InChI=1S/C13H15BrN2OS/c1-3-15-7-13-16-11(8-18-13)9-4-5-12(17-2)10(14)6-9/h4-6,8,15H,3,7H2,1-2H3. The molecular formula is C13H15BrN2OS. The van der Waals surface area contributed by atoms with Gasteiger partial charge >= 0.3 is 0 Å². The van der Waals surface area contributed by atoms with Crippen LogP contribution in [0.1, 0.15) is 11.9 Å². The molecule has 0 radical (unpaired) electrons. The fraction of sp³-hybridized carbons (Fsp3) is 0.308. The molecule has 0 amide bonds. The van der Waals surface area contributed by atoms with Crippen molar-refractivity contribution in [2.24, 2.45) is 0 Å². The highest BCUT2D eigenvalue weighted by molar-refractivity contribution is 9.10. The van der Waals surface area contributed by atoms with Gasteiger partial charge in [0.05, 0.1) is 17.3 Å². The summed E-state index contributed by atoms with van der Waals surface area (Å²) in [6, 6.07) is 6.00. The first-order valence-electron chi connectivity index (χ1n) is 5.73. The Labute approximate surface area is 119 Å². The minimum absolute atomic E-state index is 0.832. The van der Waals surface area contributed by atoms with Gasteiger partial charge in [-0.25, -0.2) is 4.98 Å². The SMILES string of the molecule is CCNCc1nc(-c2ccc(OC)c(Br)c2)cs1. The van der Waals surface area contributed by atoms with Gasteiger partial charge in [0.15, 0.2) is 0 Å². The van der Waals surface area contributed by atoms with Gasteiger partial charge in [0, 0.05) is 17.5 Å². The number of methoxy groups -OCH3 is 1. The van der Waals surface area contributed by atoms with Crippen molar-refractivity contribution in [3.05, 3.63) is 33.1 Å². The maximum Gasteiger partial charge on any atom is 0.133 e. The molecule has 0 aliphatic carbocycles. The molecule has 1 N–H and O–H groups in total. The van der Waals surface area contributed by atoms with Crippen LogP contribution in [0.3, 0.4) is 0 Å². The van der Waals surface area contributed by atoms with Gasteiger partial charge in [-0.05, 0) is 40.7 Å². The van der Waals surface area contributed by atoms with E-state index >= 15 is 0 Å². The molecule has 1 aromatic carbocycles. The predicted molar refractivity (Wildman–Crippen MR) is 79.2 cm³/mol. The first-order chi connectivity index (χ1) is 8.74. The number of halogens is 1. The summed E-state index contributed by atoms with van der Waals surface area (Å²) in [6.45, 7) is 3.89. The number of nitrogens with zero attached hydrogens (tertiary/aromatic N) is 1. The Hall–Kier alpha value is -0.910. The van der Waals surface area contributed by atoms with Crippen LogP contribution < -0.4 is 10.1 Å². The lowest BCUT2D eigenvalue weighted by atomic mass is 10.2. The van der Waals surface area contributed by atoms with E-state index in [1.54, 1.807) is 18.4 Å². The Morgan fingerprint density at radius 1 is 1.44 bits per heavy atom. The van der Waals surface area contributed by atoms with Crippen LogP contribution in [0.15, 0.2) is 28.1 Å². The summed E-state index contributed by atoms with van der Waals surface area (Å²) < 4.78 is 6.17. The lowest BCUT2D eigenvalue weighted by molar-refractivity contribution is 0.412. The normalized spacial score (nSPS) is 10.6. The maximum atomic E-state index is 5.22. The third kappa shape index (κ3) is 3.10. The van der Waals surface area contributed by atoms with E-state index in [4.69, 9.17) is 4.74 Å². The predicted octanol–water partition coefficient (Wildman–Crippen LogP) is 3.69. The molecule has 0 unspecified atom stereocenters. The fourth-order valence-corrected chi connectivity index (χ4v) is 2.90. The molecule has 5 heteroatoms. The minimum Gasteiger partial charge on any atom is -0.496 e. The van der Waals surface area contributed by atoms with E-state index < -0.39 is 0 Å². The van der Waals surface area contributed by atoms with Crippen LogP contribution in [-0.2, 0) is 6.54 Å². The van der Waals surface area contributed by atoms with Crippen LogP contribution in [0, 0.1) is 0 Å². The maximum absolute atomic E-state index is 5.22. The molecule has 1 aromatic heterocycles. The summed E-state index contributed by atoms with van der Waals surface area (Å²) >= 11 is 5.17. The van der Waals surface area contributed by atoms with Crippen LogP contribution in [0.5, 0.6) is 5.75 Å². The van der Waals surface area contributed by atoms with Crippen LogP contribution in [-0.4, -0.2) is 18.6 Å². The quantitative estimate of drug-likeness (QED) is 0.909. The van der Waals surface area contributed by atoms with E-state index in [1.807, 2.05) is 18.2 Å². The summed E-state index contributed by atoms with van der Waals surface area (Å²) in [7, 11) is 1.66. The van der Waals surface area contributed by atoms with Gasteiger partial charge in [-0.2, -0.15) is 0 Å². The van der Waals surface area contributed by atoms with Crippen molar-refractivity contribution < 1.29 is 4.74 Å². The summed E-state index contributed by atoms with van der Waals surface area (Å²) in [4.78, 5) is 4.61. The smallest absolute Gasteiger partial charge is 0.133 e. The van der Waals surface area contributed by atoms with E-state index in [1.165, 1.54) is 0 Å². The topological polar surface area (TPSA) is 34.2 Å². The summed E-state index contributed by atoms with van der Waals surface area (Å²) in [5.74, 6) is 0.835. The van der Waals surface area contributed by atoms with Gasteiger partial charge in [0.2, 0.25) is 0 Å². The highest BCUT2D eigenvalue weighted by Gasteiger charge is 2.07. The second-order valence-corrected chi connectivity index (χ2v) is 5.55. The minimum atomic E-state index is 0.832. The van der Waals surface area contributed by atoms with Gasteiger partial charge < -0.3 is 10.1 Å². The van der Waals surface area contributed by atoms with Gasteiger partial charge in [0.1, 0.15) is 10.8 Å². The van der Waals surface area contributed by atoms with Crippen molar-refractivity contribution in [3.63, 3.8) is 0 Å². The van der Waals surface area contributed by atoms with E-state index in [2.05, 4.69) is 38.5 Å². The molecular weight excluding hydrogens is 312 g/mol. The van der Waals surface area contributed by atoms with Gasteiger partial charge in [0.25, 0.3) is 0 Å².